The molecule has 0 radical (unpaired) electrons. The highest BCUT2D eigenvalue weighted by molar-refractivity contribution is 5.69. The number of carbonyl (C=O) groups is 1. The summed E-state index contributed by atoms with van der Waals surface area (Å²) in [6.45, 7) is 4.59. The van der Waals surface area contributed by atoms with Crippen LogP contribution in [0.1, 0.15) is 90.4 Å². The molecule has 0 spiro atoms. The fraction of sp³-hybridized carbons (Fsp3) is 0.947. The van der Waals surface area contributed by atoms with Gasteiger partial charge in [0.1, 0.15) is 0 Å². The lowest BCUT2D eigenvalue weighted by molar-refractivity contribution is -0.144. The number of esters is 1. The minimum Gasteiger partial charge on any atom is -0.466 e. The maximum absolute atomic E-state index is 11.6. The van der Waals surface area contributed by atoms with Crippen LogP contribution in [-0.2, 0) is 14.3 Å². The summed E-state index contributed by atoms with van der Waals surface area (Å²) in [4.78, 5) is 11.6. The minimum atomic E-state index is -0.00462. The molecule has 0 atom stereocenters. The lowest BCUT2D eigenvalue weighted by Gasteiger charge is -2.21. The molecule has 0 aromatic rings. The molecule has 3 heteroatoms. The van der Waals surface area contributed by atoms with Gasteiger partial charge in [-0.25, -0.2) is 0 Å². The van der Waals surface area contributed by atoms with E-state index >= 15 is 0 Å². The standard InChI is InChI=1S/C19H36O3/c1-2-3-4-5-6-7-8-9-10-11-19(20)22-17-14-18-12-15-21-16-13-18/h18H,2-17H2,1H3. The van der Waals surface area contributed by atoms with E-state index in [1.165, 1.54) is 51.4 Å². The molecule has 0 bridgehead atoms. The third kappa shape index (κ3) is 11.1. The Labute approximate surface area is 137 Å². The highest BCUT2D eigenvalue weighted by Gasteiger charge is 2.14. The van der Waals surface area contributed by atoms with Crippen LogP contribution in [0.15, 0.2) is 0 Å². The maximum atomic E-state index is 11.6. The van der Waals surface area contributed by atoms with Gasteiger partial charge in [-0.2, -0.15) is 0 Å². The topological polar surface area (TPSA) is 35.5 Å². The van der Waals surface area contributed by atoms with Gasteiger partial charge >= 0.3 is 5.97 Å². The predicted molar refractivity (Wildman–Crippen MR) is 91.0 cm³/mol. The number of unbranched alkanes of at least 4 members (excludes halogenated alkanes) is 8. The van der Waals surface area contributed by atoms with Gasteiger partial charge in [0.25, 0.3) is 0 Å². The highest BCUT2D eigenvalue weighted by Crippen LogP contribution is 2.18. The van der Waals surface area contributed by atoms with Crippen molar-refractivity contribution < 1.29 is 14.3 Å². The van der Waals surface area contributed by atoms with Gasteiger partial charge < -0.3 is 9.47 Å². The molecule has 0 unspecified atom stereocenters. The van der Waals surface area contributed by atoms with E-state index in [9.17, 15) is 4.79 Å². The van der Waals surface area contributed by atoms with Gasteiger partial charge in [-0.3, -0.25) is 4.79 Å². The summed E-state index contributed by atoms with van der Waals surface area (Å²) in [6.07, 6.45) is 15.4. The molecule has 1 aliphatic rings. The molecule has 0 N–H and O–H groups in total. The molecular formula is C19H36O3. The van der Waals surface area contributed by atoms with E-state index in [-0.39, 0.29) is 5.97 Å². The van der Waals surface area contributed by atoms with Gasteiger partial charge in [0.05, 0.1) is 6.61 Å². The SMILES string of the molecule is CCCCCCCCCCCC(=O)OCCC1CCOCC1. The van der Waals surface area contributed by atoms with Crippen LogP contribution in [0.4, 0.5) is 0 Å². The van der Waals surface area contributed by atoms with Gasteiger partial charge in [0.15, 0.2) is 0 Å². The van der Waals surface area contributed by atoms with Crippen molar-refractivity contribution in [3.05, 3.63) is 0 Å². The van der Waals surface area contributed by atoms with Crippen molar-refractivity contribution in [1.82, 2.24) is 0 Å². The fourth-order valence-corrected chi connectivity index (χ4v) is 3.03. The smallest absolute Gasteiger partial charge is 0.305 e. The van der Waals surface area contributed by atoms with Crippen LogP contribution in [0.2, 0.25) is 0 Å². The molecule has 130 valence electrons. The summed E-state index contributed by atoms with van der Waals surface area (Å²) < 4.78 is 10.7. The average molecular weight is 312 g/mol. The molecule has 1 aliphatic heterocycles. The van der Waals surface area contributed by atoms with Crippen molar-refractivity contribution in [2.75, 3.05) is 19.8 Å². The van der Waals surface area contributed by atoms with E-state index in [1.54, 1.807) is 0 Å². The van der Waals surface area contributed by atoms with Gasteiger partial charge in [0, 0.05) is 19.6 Å². The Bertz CT molecular complexity index is 259. The molecule has 1 rings (SSSR count). The Morgan fingerprint density at radius 2 is 1.55 bits per heavy atom. The first kappa shape index (κ1) is 19.5. The Balaban J connectivity index is 1.81. The lowest BCUT2D eigenvalue weighted by atomic mass is 9.97. The van der Waals surface area contributed by atoms with Crippen LogP contribution in [0, 0.1) is 5.92 Å². The van der Waals surface area contributed by atoms with E-state index < -0.39 is 0 Å². The summed E-state index contributed by atoms with van der Waals surface area (Å²) in [5, 5.41) is 0. The maximum Gasteiger partial charge on any atom is 0.305 e. The molecular weight excluding hydrogens is 276 g/mol. The second-order valence-corrected chi connectivity index (χ2v) is 6.64. The first-order valence-corrected chi connectivity index (χ1v) is 9.56. The molecule has 22 heavy (non-hydrogen) atoms. The molecule has 0 saturated carbocycles. The zero-order chi connectivity index (χ0) is 15.9. The van der Waals surface area contributed by atoms with E-state index in [1.807, 2.05) is 0 Å². The average Bonchev–Trinajstić information content (AvgIpc) is 2.54. The van der Waals surface area contributed by atoms with Gasteiger partial charge in [0.2, 0.25) is 0 Å². The van der Waals surface area contributed by atoms with E-state index in [0.29, 0.717) is 18.9 Å². The summed E-state index contributed by atoms with van der Waals surface area (Å²) in [5.41, 5.74) is 0. The molecule has 0 aromatic carbocycles. The monoisotopic (exact) mass is 312 g/mol. The molecule has 0 amide bonds. The largest absolute Gasteiger partial charge is 0.466 e. The Hall–Kier alpha value is -0.570. The molecule has 0 aromatic heterocycles. The molecule has 1 saturated heterocycles. The van der Waals surface area contributed by atoms with E-state index in [2.05, 4.69) is 6.92 Å². The fourth-order valence-electron chi connectivity index (χ4n) is 3.03. The third-order valence-corrected chi connectivity index (χ3v) is 4.61. The van der Waals surface area contributed by atoms with Crippen LogP contribution in [0.25, 0.3) is 0 Å². The number of rotatable bonds is 13. The van der Waals surface area contributed by atoms with Crippen molar-refractivity contribution in [2.45, 2.75) is 90.4 Å². The zero-order valence-electron chi connectivity index (χ0n) is 14.6. The minimum absolute atomic E-state index is 0.00462. The summed E-state index contributed by atoms with van der Waals surface area (Å²) in [5.74, 6) is 0.685. The van der Waals surface area contributed by atoms with Crippen LogP contribution in [-0.4, -0.2) is 25.8 Å². The molecule has 1 heterocycles. The second-order valence-electron chi connectivity index (χ2n) is 6.64. The predicted octanol–water partition coefficient (Wildman–Crippen LogP) is 5.27. The molecule has 1 fully saturated rings. The van der Waals surface area contributed by atoms with Crippen molar-refractivity contribution in [1.29, 1.82) is 0 Å². The number of ether oxygens (including phenoxy) is 2. The number of carbonyl (C=O) groups excluding carboxylic acids is 1. The first-order chi connectivity index (χ1) is 10.8. The van der Waals surface area contributed by atoms with Crippen LogP contribution >= 0.6 is 0 Å². The first-order valence-electron chi connectivity index (χ1n) is 9.56. The zero-order valence-corrected chi connectivity index (χ0v) is 14.6. The Kier molecular flexibility index (Phi) is 12.4. The summed E-state index contributed by atoms with van der Waals surface area (Å²) in [6, 6.07) is 0. The van der Waals surface area contributed by atoms with Crippen molar-refractivity contribution in [3.8, 4) is 0 Å². The summed E-state index contributed by atoms with van der Waals surface area (Å²) >= 11 is 0. The quantitative estimate of drug-likeness (QED) is 0.343. The Morgan fingerprint density at radius 1 is 0.955 bits per heavy atom. The number of hydrogen-bond acceptors (Lipinski definition) is 3. The van der Waals surface area contributed by atoms with Crippen LogP contribution < -0.4 is 0 Å². The normalized spacial score (nSPS) is 15.9. The van der Waals surface area contributed by atoms with E-state index in [0.717, 1.165) is 38.9 Å². The second kappa shape index (κ2) is 14.0. The van der Waals surface area contributed by atoms with Gasteiger partial charge in [-0.05, 0) is 31.6 Å². The lowest BCUT2D eigenvalue weighted by Crippen LogP contribution is -2.18. The van der Waals surface area contributed by atoms with E-state index in [4.69, 9.17) is 9.47 Å². The third-order valence-electron chi connectivity index (χ3n) is 4.61. The highest BCUT2D eigenvalue weighted by atomic mass is 16.5. The number of hydrogen-bond donors (Lipinski definition) is 0. The summed E-state index contributed by atoms with van der Waals surface area (Å²) in [7, 11) is 0. The van der Waals surface area contributed by atoms with Gasteiger partial charge in [-0.15, -0.1) is 0 Å². The van der Waals surface area contributed by atoms with Crippen molar-refractivity contribution in [3.63, 3.8) is 0 Å². The Morgan fingerprint density at radius 3 is 2.18 bits per heavy atom. The van der Waals surface area contributed by atoms with Crippen LogP contribution in [0.5, 0.6) is 0 Å². The van der Waals surface area contributed by atoms with Crippen molar-refractivity contribution in [2.24, 2.45) is 5.92 Å². The molecule has 3 nitrogen and oxygen atoms in total. The van der Waals surface area contributed by atoms with Gasteiger partial charge in [-0.1, -0.05) is 58.3 Å². The van der Waals surface area contributed by atoms with Crippen molar-refractivity contribution >= 4 is 5.97 Å². The van der Waals surface area contributed by atoms with Crippen LogP contribution in [0.3, 0.4) is 0 Å². The molecule has 0 aliphatic carbocycles.